The third-order valence-electron chi connectivity index (χ3n) is 5.09. The highest BCUT2D eigenvalue weighted by Gasteiger charge is 2.40. The Morgan fingerprint density at radius 1 is 0.792 bits per heavy atom. The molecule has 1 unspecified atom stereocenters. The lowest BCUT2D eigenvalue weighted by molar-refractivity contribution is 0.327. The van der Waals surface area contributed by atoms with E-state index in [0.29, 0.717) is 25.7 Å². The second kappa shape index (κ2) is 7.66. The van der Waals surface area contributed by atoms with E-state index in [4.69, 9.17) is 5.41 Å². The zero-order chi connectivity index (χ0) is 18.7. The Labute approximate surface area is 142 Å². The number of benzene rings is 1. The van der Waals surface area contributed by atoms with Crippen LogP contribution in [0.5, 0.6) is 0 Å². The second-order valence-electron chi connectivity index (χ2n) is 6.98. The molecule has 0 fully saturated rings. The van der Waals surface area contributed by atoms with Gasteiger partial charge in [0.2, 0.25) is 0 Å². The molecule has 0 saturated carbocycles. The van der Waals surface area contributed by atoms with Gasteiger partial charge in [0.15, 0.2) is 23.3 Å². The van der Waals surface area contributed by atoms with E-state index in [1.165, 1.54) is 6.92 Å². The lowest BCUT2D eigenvalue weighted by Crippen LogP contribution is -2.31. The quantitative estimate of drug-likeness (QED) is 0.319. The molecular weight excluding hydrogens is 318 g/mol. The Balaban J connectivity index is 3.79. The molecule has 0 spiro atoms. The summed E-state index contributed by atoms with van der Waals surface area (Å²) in [4.78, 5) is 0. The molecule has 1 nitrogen and oxygen atoms in total. The Morgan fingerprint density at radius 3 is 1.46 bits per heavy atom. The monoisotopic (exact) mass is 345 g/mol. The molecule has 0 radical (unpaired) electrons. The average Bonchev–Trinajstić information content (AvgIpc) is 2.53. The van der Waals surface area contributed by atoms with Crippen molar-refractivity contribution in [2.24, 2.45) is 0 Å². The van der Waals surface area contributed by atoms with Gasteiger partial charge in [0.05, 0.1) is 0 Å². The number of rotatable bonds is 8. The van der Waals surface area contributed by atoms with Crippen LogP contribution in [-0.4, -0.2) is 6.21 Å². The number of hydrogen-bond donors (Lipinski definition) is 1. The van der Waals surface area contributed by atoms with E-state index in [2.05, 4.69) is 0 Å². The van der Waals surface area contributed by atoms with E-state index in [0.717, 1.165) is 6.21 Å². The zero-order valence-corrected chi connectivity index (χ0v) is 15.1. The number of nitrogens with one attached hydrogen (secondary N) is 1. The summed E-state index contributed by atoms with van der Waals surface area (Å²) in [6.45, 7) is 8.40. The standard InChI is InChI=1S/C19H27F4N/c1-6-9-19(5,10-7-2)13-16(22)14(20)12(15(21)17(13)23)18(4,8-3)11-24/h11,24H,6-10H2,1-5H3. The molecule has 0 heterocycles. The van der Waals surface area contributed by atoms with Crippen molar-refractivity contribution in [3.8, 4) is 0 Å². The third-order valence-corrected chi connectivity index (χ3v) is 5.09. The van der Waals surface area contributed by atoms with E-state index in [1.54, 1.807) is 13.8 Å². The largest absolute Gasteiger partial charge is 0.312 e. The first-order valence-electron chi connectivity index (χ1n) is 8.52. The number of halogens is 4. The van der Waals surface area contributed by atoms with Gasteiger partial charge in [0.1, 0.15) is 0 Å². The first kappa shape index (κ1) is 20.7. The molecule has 0 aromatic heterocycles. The minimum Gasteiger partial charge on any atom is -0.312 e. The van der Waals surface area contributed by atoms with Crippen LogP contribution in [0.1, 0.15) is 77.8 Å². The Bertz CT molecular complexity index is 577. The summed E-state index contributed by atoms with van der Waals surface area (Å²) in [5.74, 6) is -5.41. The van der Waals surface area contributed by atoms with Crippen LogP contribution in [0.4, 0.5) is 17.6 Å². The van der Waals surface area contributed by atoms with Gasteiger partial charge in [-0.2, -0.15) is 0 Å². The van der Waals surface area contributed by atoms with Gasteiger partial charge in [-0.3, -0.25) is 0 Å². The molecule has 5 heteroatoms. The van der Waals surface area contributed by atoms with Crippen LogP contribution in [0.2, 0.25) is 0 Å². The molecule has 1 aromatic carbocycles. The molecule has 24 heavy (non-hydrogen) atoms. The molecule has 0 bridgehead atoms. The lowest BCUT2D eigenvalue weighted by atomic mass is 9.72. The molecule has 0 saturated heterocycles. The summed E-state index contributed by atoms with van der Waals surface area (Å²) in [5.41, 5.74) is -3.56. The van der Waals surface area contributed by atoms with Crippen molar-refractivity contribution in [2.75, 3.05) is 0 Å². The van der Waals surface area contributed by atoms with Crippen LogP contribution in [-0.2, 0) is 10.8 Å². The van der Waals surface area contributed by atoms with Gasteiger partial charge in [-0.1, -0.05) is 47.5 Å². The highest BCUT2D eigenvalue weighted by atomic mass is 19.2. The summed E-state index contributed by atoms with van der Waals surface area (Å²) in [6, 6.07) is 0. The predicted molar refractivity (Wildman–Crippen MR) is 89.9 cm³/mol. The van der Waals surface area contributed by atoms with E-state index in [-0.39, 0.29) is 6.42 Å². The zero-order valence-electron chi connectivity index (χ0n) is 15.1. The highest BCUT2D eigenvalue weighted by molar-refractivity contribution is 5.70. The SMILES string of the molecule is CCCC(C)(CCC)c1c(F)c(F)c(C(C)(C=N)CC)c(F)c1F. The van der Waals surface area contributed by atoms with Gasteiger partial charge >= 0.3 is 0 Å². The molecule has 0 aliphatic heterocycles. The van der Waals surface area contributed by atoms with Crippen molar-refractivity contribution in [2.45, 2.75) is 77.6 Å². The van der Waals surface area contributed by atoms with Gasteiger partial charge in [-0.05, 0) is 24.7 Å². The first-order valence-corrected chi connectivity index (χ1v) is 8.52. The molecule has 0 aliphatic rings. The van der Waals surface area contributed by atoms with E-state index < -0.39 is 45.2 Å². The topological polar surface area (TPSA) is 23.9 Å². The lowest BCUT2D eigenvalue weighted by Gasteiger charge is -2.33. The molecule has 1 atom stereocenters. The van der Waals surface area contributed by atoms with Crippen molar-refractivity contribution >= 4 is 6.21 Å². The molecule has 1 N–H and O–H groups in total. The number of hydrogen-bond acceptors (Lipinski definition) is 1. The van der Waals surface area contributed by atoms with Gasteiger partial charge in [0.25, 0.3) is 0 Å². The fraction of sp³-hybridized carbons (Fsp3) is 0.632. The Hall–Kier alpha value is -1.39. The molecule has 1 aromatic rings. The van der Waals surface area contributed by atoms with Crippen LogP contribution >= 0.6 is 0 Å². The summed E-state index contributed by atoms with van der Waals surface area (Å²) >= 11 is 0. The maximum atomic E-state index is 14.8. The van der Waals surface area contributed by atoms with Crippen molar-refractivity contribution in [3.63, 3.8) is 0 Å². The van der Waals surface area contributed by atoms with E-state index in [1.807, 2.05) is 13.8 Å². The highest BCUT2D eigenvalue weighted by Crippen LogP contribution is 2.42. The first-order chi connectivity index (χ1) is 11.1. The fourth-order valence-electron chi connectivity index (χ4n) is 3.49. The second-order valence-corrected chi connectivity index (χ2v) is 6.98. The summed E-state index contributed by atoms with van der Waals surface area (Å²) in [6.07, 6.45) is 3.15. The smallest absolute Gasteiger partial charge is 0.166 e. The van der Waals surface area contributed by atoms with Crippen LogP contribution in [0.15, 0.2) is 0 Å². The summed E-state index contributed by atoms with van der Waals surface area (Å²) < 4.78 is 59.0. The summed E-state index contributed by atoms with van der Waals surface area (Å²) in [5, 5.41) is 7.43. The minimum absolute atomic E-state index is 0.157. The van der Waals surface area contributed by atoms with Crippen LogP contribution < -0.4 is 0 Å². The molecule has 0 amide bonds. The van der Waals surface area contributed by atoms with Gasteiger partial charge in [-0.25, -0.2) is 17.6 Å². The normalized spacial score (nSPS) is 14.5. The van der Waals surface area contributed by atoms with Crippen molar-refractivity contribution < 1.29 is 17.6 Å². The maximum absolute atomic E-state index is 14.8. The van der Waals surface area contributed by atoms with Gasteiger partial charge in [0, 0.05) is 22.8 Å². The van der Waals surface area contributed by atoms with Crippen molar-refractivity contribution in [3.05, 3.63) is 34.4 Å². The molecule has 0 aliphatic carbocycles. The van der Waals surface area contributed by atoms with E-state index in [9.17, 15) is 17.6 Å². The summed E-state index contributed by atoms with van der Waals surface area (Å²) in [7, 11) is 0. The van der Waals surface area contributed by atoms with E-state index >= 15 is 0 Å². The van der Waals surface area contributed by atoms with Crippen LogP contribution in [0.3, 0.4) is 0 Å². The fourth-order valence-corrected chi connectivity index (χ4v) is 3.49. The molecule has 1 rings (SSSR count). The van der Waals surface area contributed by atoms with Crippen molar-refractivity contribution in [1.82, 2.24) is 0 Å². The predicted octanol–water partition coefficient (Wildman–Crippen LogP) is 6.42. The average molecular weight is 345 g/mol. The van der Waals surface area contributed by atoms with Crippen LogP contribution in [0, 0.1) is 28.7 Å². The molecule has 136 valence electrons. The van der Waals surface area contributed by atoms with Crippen LogP contribution in [0.25, 0.3) is 0 Å². The molecular formula is C19H27F4N. The minimum atomic E-state index is -1.39. The van der Waals surface area contributed by atoms with Crippen molar-refractivity contribution in [1.29, 1.82) is 5.41 Å². The third kappa shape index (κ3) is 3.35. The maximum Gasteiger partial charge on any atom is 0.166 e. The Kier molecular flexibility index (Phi) is 6.59. The Morgan fingerprint density at radius 2 is 1.17 bits per heavy atom. The van der Waals surface area contributed by atoms with Gasteiger partial charge < -0.3 is 5.41 Å². The van der Waals surface area contributed by atoms with Gasteiger partial charge in [-0.15, -0.1) is 0 Å².